The minimum absolute atomic E-state index is 0.0418. The Morgan fingerprint density at radius 1 is 1.00 bits per heavy atom. The molecule has 1 heterocycles. The SMILES string of the molecule is O=[N+]([O-])c1ccc(Oc2c(Cl)cc(S(=O)(=O)Nc3ccccn3)cc2Cl)c(Cl)c1. The molecule has 8 nitrogen and oxygen atoms in total. The average Bonchev–Trinajstić information content (AvgIpc) is 2.65. The Balaban J connectivity index is 1.91. The summed E-state index contributed by atoms with van der Waals surface area (Å²) >= 11 is 18.3. The van der Waals surface area contributed by atoms with Gasteiger partial charge in [-0.15, -0.1) is 0 Å². The van der Waals surface area contributed by atoms with Gasteiger partial charge in [0.15, 0.2) is 5.75 Å². The minimum Gasteiger partial charge on any atom is -0.453 e. The smallest absolute Gasteiger partial charge is 0.271 e. The van der Waals surface area contributed by atoms with Crippen molar-refractivity contribution in [2.75, 3.05) is 4.72 Å². The van der Waals surface area contributed by atoms with Crippen LogP contribution in [0.5, 0.6) is 11.5 Å². The first-order chi connectivity index (χ1) is 13.7. The van der Waals surface area contributed by atoms with Crippen LogP contribution in [0.25, 0.3) is 0 Å². The highest BCUT2D eigenvalue weighted by Gasteiger charge is 2.21. The second kappa shape index (κ2) is 8.42. The predicted molar refractivity (Wildman–Crippen MR) is 110 cm³/mol. The summed E-state index contributed by atoms with van der Waals surface area (Å²) in [5, 5.41) is 10.5. The van der Waals surface area contributed by atoms with E-state index in [0.717, 1.165) is 18.2 Å². The second-order valence-electron chi connectivity index (χ2n) is 5.51. The molecule has 1 N–H and O–H groups in total. The Kier molecular flexibility index (Phi) is 6.13. The zero-order valence-corrected chi connectivity index (χ0v) is 17.3. The Labute approximate surface area is 180 Å². The van der Waals surface area contributed by atoms with Crippen molar-refractivity contribution in [2.45, 2.75) is 4.90 Å². The molecule has 0 aliphatic carbocycles. The molecule has 0 saturated carbocycles. The van der Waals surface area contributed by atoms with Gasteiger partial charge in [-0.2, -0.15) is 0 Å². The molecular formula is C17H10Cl3N3O5S. The predicted octanol–water partition coefficient (Wildman–Crippen LogP) is 5.54. The number of nitro groups is 1. The monoisotopic (exact) mass is 473 g/mol. The Morgan fingerprint density at radius 3 is 2.24 bits per heavy atom. The first-order valence-corrected chi connectivity index (χ1v) is 10.3. The van der Waals surface area contributed by atoms with Gasteiger partial charge in [0.05, 0.1) is 24.9 Å². The van der Waals surface area contributed by atoms with Crippen LogP contribution in [-0.4, -0.2) is 18.3 Å². The minimum atomic E-state index is -4.01. The molecule has 3 aromatic rings. The number of benzene rings is 2. The maximum absolute atomic E-state index is 12.5. The number of aromatic nitrogens is 1. The molecule has 0 unspecified atom stereocenters. The van der Waals surface area contributed by atoms with Gasteiger partial charge in [0.2, 0.25) is 0 Å². The third-order valence-electron chi connectivity index (χ3n) is 3.52. The Morgan fingerprint density at radius 2 is 1.69 bits per heavy atom. The first-order valence-electron chi connectivity index (χ1n) is 7.72. The van der Waals surface area contributed by atoms with E-state index in [0.29, 0.717) is 0 Å². The number of hydrogen-bond donors (Lipinski definition) is 1. The van der Waals surface area contributed by atoms with Crippen LogP contribution in [0.1, 0.15) is 0 Å². The molecule has 29 heavy (non-hydrogen) atoms. The zero-order chi connectivity index (χ0) is 21.2. The van der Waals surface area contributed by atoms with Crippen LogP contribution in [0.3, 0.4) is 0 Å². The number of sulfonamides is 1. The molecule has 150 valence electrons. The standard InChI is InChI=1S/C17H10Cl3N3O5S/c18-12-7-10(23(24)25)4-5-15(12)28-17-13(19)8-11(9-14(17)20)29(26,27)22-16-3-1-2-6-21-16/h1-9H,(H,21,22). The molecule has 0 atom stereocenters. The van der Waals surface area contributed by atoms with E-state index in [-0.39, 0.29) is 43.0 Å². The number of nitrogens with one attached hydrogen (secondary N) is 1. The number of pyridine rings is 1. The van der Waals surface area contributed by atoms with Crippen LogP contribution in [0, 0.1) is 10.1 Å². The van der Waals surface area contributed by atoms with Crippen molar-refractivity contribution in [3.63, 3.8) is 0 Å². The summed E-state index contributed by atoms with van der Waals surface area (Å²) in [5.74, 6) is 0.127. The molecule has 0 aliphatic heterocycles. The van der Waals surface area contributed by atoms with E-state index in [1.54, 1.807) is 12.1 Å². The molecule has 0 spiro atoms. The molecule has 0 amide bonds. The quantitative estimate of drug-likeness (QED) is 0.371. The third kappa shape index (κ3) is 4.88. The number of halogens is 3. The van der Waals surface area contributed by atoms with Crippen molar-refractivity contribution in [3.8, 4) is 11.5 Å². The lowest BCUT2D eigenvalue weighted by atomic mass is 10.3. The number of hydrogen-bond acceptors (Lipinski definition) is 6. The summed E-state index contributed by atoms with van der Waals surface area (Å²) in [7, 11) is -4.01. The van der Waals surface area contributed by atoms with Crippen LogP contribution in [0.4, 0.5) is 11.5 Å². The number of nitrogens with zero attached hydrogens (tertiary/aromatic N) is 2. The third-order valence-corrected chi connectivity index (χ3v) is 5.72. The number of non-ortho nitro benzene ring substituents is 1. The van der Waals surface area contributed by atoms with Crippen LogP contribution < -0.4 is 9.46 Å². The molecule has 0 aliphatic rings. The van der Waals surface area contributed by atoms with Gasteiger partial charge in [-0.1, -0.05) is 40.9 Å². The van der Waals surface area contributed by atoms with Crippen molar-refractivity contribution in [2.24, 2.45) is 0 Å². The van der Waals surface area contributed by atoms with Gasteiger partial charge in [-0.05, 0) is 30.3 Å². The highest BCUT2D eigenvalue weighted by Crippen LogP contribution is 2.41. The zero-order valence-electron chi connectivity index (χ0n) is 14.2. The topological polar surface area (TPSA) is 111 Å². The van der Waals surface area contributed by atoms with E-state index in [2.05, 4.69) is 9.71 Å². The summed E-state index contributed by atoms with van der Waals surface area (Å²) in [5.41, 5.74) is -0.221. The molecule has 0 radical (unpaired) electrons. The van der Waals surface area contributed by atoms with E-state index in [1.165, 1.54) is 24.4 Å². The van der Waals surface area contributed by atoms with Gasteiger partial charge in [0, 0.05) is 18.3 Å². The van der Waals surface area contributed by atoms with Gasteiger partial charge in [0.1, 0.15) is 11.6 Å². The van der Waals surface area contributed by atoms with E-state index in [9.17, 15) is 18.5 Å². The van der Waals surface area contributed by atoms with Crippen LogP contribution >= 0.6 is 34.8 Å². The van der Waals surface area contributed by atoms with Crippen LogP contribution in [-0.2, 0) is 10.0 Å². The van der Waals surface area contributed by atoms with E-state index in [4.69, 9.17) is 39.5 Å². The van der Waals surface area contributed by atoms with Gasteiger partial charge in [-0.3, -0.25) is 14.8 Å². The highest BCUT2D eigenvalue weighted by molar-refractivity contribution is 7.92. The largest absolute Gasteiger partial charge is 0.453 e. The maximum Gasteiger partial charge on any atom is 0.271 e. The number of rotatable bonds is 6. The van der Waals surface area contributed by atoms with E-state index < -0.39 is 14.9 Å². The normalized spacial score (nSPS) is 11.1. The molecule has 1 aromatic heterocycles. The van der Waals surface area contributed by atoms with E-state index >= 15 is 0 Å². The fourth-order valence-electron chi connectivity index (χ4n) is 2.21. The van der Waals surface area contributed by atoms with Crippen molar-refractivity contribution in [3.05, 3.63) is 79.9 Å². The number of nitro benzene ring substituents is 1. The van der Waals surface area contributed by atoms with Crippen molar-refractivity contribution in [1.82, 2.24) is 4.98 Å². The lowest BCUT2D eigenvalue weighted by Crippen LogP contribution is -2.14. The Bertz CT molecular complexity index is 1170. The molecule has 0 fully saturated rings. The lowest BCUT2D eigenvalue weighted by Gasteiger charge is -2.13. The molecule has 12 heteroatoms. The summed E-state index contributed by atoms with van der Waals surface area (Å²) in [6, 6.07) is 10.6. The van der Waals surface area contributed by atoms with Crippen LogP contribution in [0.15, 0.2) is 59.6 Å². The van der Waals surface area contributed by atoms with Gasteiger partial charge in [0.25, 0.3) is 15.7 Å². The van der Waals surface area contributed by atoms with Crippen LogP contribution in [0.2, 0.25) is 15.1 Å². The first kappa shape index (κ1) is 21.1. The molecular weight excluding hydrogens is 465 g/mol. The number of ether oxygens (including phenoxy) is 1. The highest BCUT2D eigenvalue weighted by atomic mass is 35.5. The summed E-state index contributed by atoms with van der Waals surface area (Å²) < 4.78 is 32.9. The fraction of sp³-hybridized carbons (Fsp3) is 0. The van der Waals surface area contributed by atoms with E-state index in [1.807, 2.05) is 0 Å². The summed E-state index contributed by atoms with van der Waals surface area (Å²) in [6.07, 6.45) is 1.43. The van der Waals surface area contributed by atoms with Gasteiger partial charge < -0.3 is 4.74 Å². The maximum atomic E-state index is 12.5. The second-order valence-corrected chi connectivity index (χ2v) is 8.41. The van der Waals surface area contributed by atoms with Crippen molar-refractivity contribution >= 4 is 56.3 Å². The summed E-state index contributed by atoms with van der Waals surface area (Å²) in [4.78, 5) is 13.9. The summed E-state index contributed by atoms with van der Waals surface area (Å²) in [6.45, 7) is 0. The molecule has 0 saturated heterocycles. The average molecular weight is 475 g/mol. The lowest BCUT2D eigenvalue weighted by molar-refractivity contribution is -0.384. The van der Waals surface area contributed by atoms with Gasteiger partial charge >= 0.3 is 0 Å². The van der Waals surface area contributed by atoms with Gasteiger partial charge in [-0.25, -0.2) is 13.4 Å². The Hall–Kier alpha value is -2.59. The molecule has 2 aromatic carbocycles. The fourth-order valence-corrected chi connectivity index (χ4v) is 4.17. The van der Waals surface area contributed by atoms with Crippen molar-refractivity contribution in [1.29, 1.82) is 0 Å². The number of anilines is 1. The molecule has 3 rings (SSSR count). The van der Waals surface area contributed by atoms with Crippen molar-refractivity contribution < 1.29 is 18.1 Å². The molecule has 0 bridgehead atoms.